The number of thioether (sulfide) groups is 1. The third-order valence-corrected chi connectivity index (χ3v) is 4.28. The normalized spacial score (nSPS) is 10.7. The zero-order valence-corrected chi connectivity index (χ0v) is 13.7. The van der Waals surface area contributed by atoms with Crippen molar-refractivity contribution in [3.8, 4) is 22.7 Å². The molecule has 0 aliphatic carbocycles. The molecule has 0 unspecified atom stereocenters. The van der Waals surface area contributed by atoms with Crippen molar-refractivity contribution in [3.63, 3.8) is 0 Å². The first-order valence-corrected chi connectivity index (χ1v) is 8.33. The Balaban J connectivity index is 2.12. The van der Waals surface area contributed by atoms with Gasteiger partial charge in [0.2, 0.25) is 0 Å². The topological polar surface area (TPSA) is 60.2 Å². The van der Waals surface area contributed by atoms with Gasteiger partial charge in [-0.05, 0) is 48.7 Å². The van der Waals surface area contributed by atoms with Gasteiger partial charge in [0.1, 0.15) is 17.1 Å². The summed E-state index contributed by atoms with van der Waals surface area (Å²) in [6, 6.07) is 15.7. The summed E-state index contributed by atoms with van der Waals surface area (Å²) in [6.07, 6.45) is 2.03. The predicted molar refractivity (Wildman–Crippen MR) is 91.1 cm³/mol. The van der Waals surface area contributed by atoms with Crippen LogP contribution in [0.2, 0.25) is 0 Å². The second-order valence-corrected chi connectivity index (χ2v) is 5.76. The minimum absolute atomic E-state index is 0.163. The molecule has 0 saturated heterocycles. The van der Waals surface area contributed by atoms with Crippen LogP contribution in [0.3, 0.4) is 0 Å². The zero-order chi connectivity index (χ0) is 16.2. The Morgan fingerprint density at radius 3 is 2.61 bits per heavy atom. The Morgan fingerprint density at radius 1 is 1.17 bits per heavy atom. The summed E-state index contributed by atoms with van der Waals surface area (Å²) in [7, 11) is 1.63. The Kier molecular flexibility index (Phi) is 4.64. The van der Waals surface area contributed by atoms with E-state index in [1.165, 1.54) is 0 Å². The number of benzene rings is 2. The van der Waals surface area contributed by atoms with Gasteiger partial charge in [0.25, 0.3) is 0 Å². The molecule has 1 heterocycles. The van der Waals surface area contributed by atoms with Gasteiger partial charge in [-0.3, -0.25) is 0 Å². The molecule has 1 N–H and O–H groups in total. The molecule has 0 aliphatic heterocycles. The van der Waals surface area contributed by atoms with Crippen molar-refractivity contribution in [2.75, 3.05) is 13.4 Å². The van der Waals surface area contributed by atoms with Gasteiger partial charge in [0, 0.05) is 10.5 Å². The van der Waals surface area contributed by atoms with Crippen LogP contribution in [0.25, 0.3) is 16.9 Å². The van der Waals surface area contributed by atoms with Crippen molar-refractivity contribution in [1.29, 1.82) is 0 Å². The highest BCUT2D eigenvalue weighted by Crippen LogP contribution is 2.28. The lowest BCUT2D eigenvalue weighted by molar-refractivity contribution is 0.277. The van der Waals surface area contributed by atoms with Crippen LogP contribution in [-0.2, 0) is 6.61 Å². The van der Waals surface area contributed by atoms with E-state index in [2.05, 4.69) is 10.3 Å². The lowest BCUT2D eigenvalue weighted by Gasteiger charge is -2.09. The average molecular weight is 327 g/mol. The van der Waals surface area contributed by atoms with E-state index in [9.17, 15) is 5.11 Å². The Morgan fingerprint density at radius 2 is 1.96 bits per heavy atom. The smallest absolute Gasteiger partial charge is 0.118 e. The standard InChI is InChI=1S/C17H17N3O2S/c1-22-14-8-6-12(7-9-14)17-16(11-21)18-19-20(17)13-4-3-5-15(10-13)23-2/h3-10,21H,11H2,1-2H3. The number of hydrogen-bond acceptors (Lipinski definition) is 5. The molecule has 0 fully saturated rings. The molecule has 0 bridgehead atoms. The van der Waals surface area contributed by atoms with E-state index >= 15 is 0 Å². The van der Waals surface area contributed by atoms with Crippen molar-refractivity contribution in [1.82, 2.24) is 15.0 Å². The lowest BCUT2D eigenvalue weighted by atomic mass is 10.1. The van der Waals surface area contributed by atoms with Gasteiger partial charge in [0.15, 0.2) is 0 Å². The Labute approximate surface area is 138 Å². The van der Waals surface area contributed by atoms with Crippen LogP contribution in [0.1, 0.15) is 5.69 Å². The van der Waals surface area contributed by atoms with Crippen LogP contribution >= 0.6 is 11.8 Å². The minimum atomic E-state index is -0.163. The fourth-order valence-corrected chi connectivity index (χ4v) is 2.83. The van der Waals surface area contributed by atoms with Crippen LogP contribution in [0, 0.1) is 0 Å². The van der Waals surface area contributed by atoms with Gasteiger partial charge >= 0.3 is 0 Å². The summed E-state index contributed by atoms with van der Waals surface area (Å²) in [6.45, 7) is -0.163. The van der Waals surface area contributed by atoms with Gasteiger partial charge < -0.3 is 9.84 Å². The molecule has 0 spiro atoms. The van der Waals surface area contributed by atoms with Crippen LogP contribution in [-0.4, -0.2) is 33.5 Å². The molecule has 0 radical (unpaired) electrons. The molecule has 6 heteroatoms. The summed E-state index contributed by atoms with van der Waals surface area (Å²) in [5.74, 6) is 0.780. The molecule has 0 amide bonds. The molecular weight excluding hydrogens is 310 g/mol. The fourth-order valence-electron chi connectivity index (χ4n) is 2.38. The van der Waals surface area contributed by atoms with Gasteiger partial charge in [-0.1, -0.05) is 11.3 Å². The molecular formula is C17H17N3O2S. The summed E-state index contributed by atoms with van der Waals surface area (Å²) < 4.78 is 6.96. The van der Waals surface area contributed by atoms with Gasteiger partial charge in [-0.15, -0.1) is 16.9 Å². The Hall–Kier alpha value is -2.31. The van der Waals surface area contributed by atoms with E-state index in [4.69, 9.17) is 4.74 Å². The molecule has 0 aliphatic rings. The maximum Gasteiger partial charge on any atom is 0.118 e. The first kappa shape index (κ1) is 15.6. The third kappa shape index (κ3) is 3.09. The number of rotatable bonds is 5. The minimum Gasteiger partial charge on any atom is -0.497 e. The van der Waals surface area contributed by atoms with E-state index in [1.807, 2.05) is 54.8 Å². The summed E-state index contributed by atoms with van der Waals surface area (Å²) in [5.41, 5.74) is 3.17. The van der Waals surface area contributed by atoms with E-state index in [0.29, 0.717) is 5.69 Å². The lowest BCUT2D eigenvalue weighted by Crippen LogP contribution is -2.00. The summed E-state index contributed by atoms with van der Waals surface area (Å²) in [5, 5.41) is 17.9. The van der Waals surface area contributed by atoms with Crippen LogP contribution < -0.4 is 4.74 Å². The van der Waals surface area contributed by atoms with Gasteiger partial charge in [0.05, 0.1) is 19.4 Å². The van der Waals surface area contributed by atoms with Crippen molar-refractivity contribution in [2.45, 2.75) is 11.5 Å². The number of aliphatic hydroxyl groups is 1. The van der Waals surface area contributed by atoms with E-state index in [-0.39, 0.29) is 6.61 Å². The third-order valence-electron chi connectivity index (χ3n) is 3.55. The monoisotopic (exact) mass is 327 g/mol. The first-order valence-electron chi connectivity index (χ1n) is 7.11. The van der Waals surface area contributed by atoms with E-state index in [0.717, 1.165) is 27.6 Å². The maximum atomic E-state index is 9.60. The SMILES string of the molecule is COc1ccc(-c2c(CO)nnn2-c2cccc(SC)c2)cc1. The van der Waals surface area contributed by atoms with Crippen molar-refractivity contribution < 1.29 is 9.84 Å². The quantitative estimate of drug-likeness (QED) is 0.730. The van der Waals surface area contributed by atoms with Crippen LogP contribution in [0.4, 0.5) is 0 Å². The van der Waals surface area contributed by atoms with Gasteiger partial charge in [-0.2, -0.15) is 0 Å². The van der Waals surface area contributed by atoms with Crippen molar-refractivity contribution >= 4 is 11.8 Å². The molecule has 3 rings (SSSR count). The number of hydrogen-bond donors (Lipinski definition) is 1. The molecule has 0 saturated carbocycles. The summed E-state index contributed by atoms with van der Waals surface area (Å²) >= 11 is 1.67. The van der Waals surface area contributed by atoms with Crippen molar-refractivity contribution in [3.05, 3.63) is 54.2 Å². The number of nitrogens with zero attached hydrogens (tertiary/aromatic N) is 3. The average Bonchev–Trinajstić information content (AvgIpc) is 3.06. The number of ether oxygens (including phenoxy) is 1. The largest absolute Gasteiger partial charge is 0.497 e. The molecule has 3 aromatic rings. The second-order valence-electron chi connectivity index (χ2n) is 4.88. The molecule has 2 aromatic carbocycles. The van der Waals surface area contributed by atoms with Crippen LogP contribution in [0.15, 0.2) is 53.4 Å². The molecule has 0 atom stereocenters. The fraction of sp³-hybridized carbons (Fsp3) is 0.176. The number of aliphatic hydroxyl groups excluding tert-OH is 1. The molecule has 1 aromatic heterocycles. The maximum absolute atomic E-state index is 9.60. The first-order chi connectivity index (χ1) is 11.3. The second kappa shape index (κ2) is 6.85. The van der Waals surface area contributed by atoms with Crippen LogP contribution in [0.5, 0.6) is 5.75 Å². The molecule has 23 heavy (non-hydrogen) atoms. The predicted octanol–water partition coefficient (Wildman–Crippen LogP) is 3.16. The highest BCUT2D eigenvalue weighted by Gasteiger charge is 2.16. The molecule has 5 nitrogen and oxygen atoms in total. The number of aromatic nitrogens is 3. The number of methoxy groups -OCH3 is 1. The zero-order valence-electron chi connectivity index (χ0n) is 12.9. The Bertz CT molecular complexity index is 800. The highest BCUT2D eigenvalue weighted by molar-refractivity contribution is 7.98. The van der Waals surface area contributed by atoms with E-state index < -0.39 is 0 Å². The summed E-state index contributed by atoms with van der Waals surface area (Å²) in [4.78, 5) is 1.14. The van der Waals surface area contributed by atoms with Crippen molar-refractivity contribution in [2.24, 2.45) is 0 Å². The van der Waals surface area contributed by atoms with E-state index in [1.54, 1.807) is 23.6 Å². The highest BCUT2D eigenvalue weighted by atomic mass is 32.2. The van der Waals surface area contributed by atoms with Gasteiger partial charge in [-0.25, -0.2) is 4.68 Å². The molecule has 118 valence electrons.